The largest absolute Gasteiger partial charge is 0.393 e. The monoisotopic (exact) mass is 103 g/mol. The van der Waals surface area contributed by atoms with Crippen molar-refractivity contribution in [3.63, 3.8) is 0 Å². The van der Waals surface area contributed by atoms with Crippen molar-refractivity contribution in [1.82, 2.24) is 0 Å². The second kappa shape index (κ2) is 3.88. The fourth-order valence-electron chi connectivity index (χ4n) is 0.220. The second-order valence-corrected chi connectivity index (χ2v) is 1.25. The molecule has 0 spiro atoms. The molecule has 0 bridgehead atoms. The lowest BCUT2D eigenvalue weighted by atomic mass is 10.2. The topological polar surface area (TPSA) is 20.2 Å². The summed E-state index contributed by atoms with van der Waals surface area (Å²) in [5.74, 6) is 0. The van der Waals surface area contributed by atoms with Gasteiger partial charge < -0.3 is 5.11 Å². The molecule has 7 heavy (non-hydrogen) atoms. The van der Waals surface area contributed by atoms with Gasteiger partial charge in [-0.25, -0.2) is 0 Å². The Hall–Kier alpha value is -0.300. The first-order valence-electron chi connectivity index (χ1n) is 3.64. The summed E-state index contributed by atoms with van der Waals surface area (Å²) >= 11 is 0. The van der Waals surface area contributed by atoms with Gasteiger partial charge >= 0.3 is 0 Å². The molecule has 42 valence electrons. The van der Waals surface area contributed by atoms with Crippen molar-refractivity contribution in [3.05, 3.63) is 12.7 Å². The van der Waals surface area contributed by atoms with E-state index in [0.717, 1.165) is 6.92 Å². The maximum Gasteiger partial charge on any atom is 0.0598 e. The average molecular weight is 103 g/mol. The number of hydrogen-bond acceptors (Lipinski definition) is 1. The fraction of sp³-hybridized carbons (Fsp3) is 0.667. The van der Waals surface area contributed by atoms with E-state index in [4.69, 9.17) is 9.22 Å². The number of aliphatic hydroxyl groups is 1. The molecule has 0 aromatic carbocycles. The van der Waals surface area contributed by atoms with Gasteiger partial charge in [0.2, 0.25) is 0 Å². The van der Waals surface area contributed by atoms with Crippen LogP contribution in [-0.2, 0) is 0 Å². The van der Waals surface area contributed by atoms with Crippen LogP contribution in [0.1, 0.15) is 23.8 Å². The highest BCUT2D eigenvalue weighted by molar-refractivity contribution is 4.66. The van der Waals surface area contributed by atoms with E-state index in [1.165, 1.54) is 6.08 Å². The molecule has 0 aliphatic heterocycles. The van der Waals surface area contributed by atoms with Gasteiger partial charge in [0.15, 0.2) is 0 Å². The van der Waals surface area contributed by atoms with E-state index in [1.807, 2.05) is 0 Å². The van der Waals surface area contributed by atoms with Crippen molar-refractivity contribution in [2.45, 2.75) is 25.8 Å². The molecule has 0 aliphatic carbocycles. The molecule has 1 heteroatoms. The molecule has 0 saturated heterocycles. The van der Waals surface area contributed by atoms with Gasteiger partial charge in [0.1, 0.15) is 0 Å². The summed E-state index contributed by atoms with van der Waals surface area (Å²) in [5.41, 5.74) is 0. The zero-order chi connectivity index (χ0) is 8.41. The number of rotatable bonds is 3. The number of allylic oxidation sites excluding steroid dienone is 1. The molecule has 0 aromatic heterocycles. The Morgan fingerprint density at radius 1 is 2.29 bits per heavy atom. The van der Waals surface area contributed by atoms with Gasteiger partial charge in [0.25, 0.3) is 0 Å². The van der Waals surface area contributed by atoms with Crippen LogP contribution in [-0.4, -0.2) is 11.2 Å². The summed E-state index contributed by atoms with van der Waals surface area (Å²) in [6.45, 7) is 4.45. The standard InChI is InChI=1S/C6H12O/c1-3-4-5-6(2)7/h3,6-7H,1,4-5H2,2H3/t6-/m0/s1/i5D2,6D. The van der Waals surface area contributed by atoms with E-state index in [1.54, 1.807) is 0 Å². The molecule has 0 saturated carbocycles. The van der Waals surface area contributed by atoms with Crippen LogP contribution in [0.4, 0.5) is 0 Å². The summed E-state index contributed by atoms with van der Waals surface area (Å²) in [6.07, 6.45) is -2.61. The van der Waals surface area contributed by atoms with Gasteiger partial charge in [-0.3, -0.25) is 0 Å². The Labute approximate surface area is 48.9 Å². The van der Waals surface area contributed by atoms with E-state index in [0.29, 0.717) is 0 Å². The smallest absolute Gasteiger partial charge is 0.0598 e. The lowest BCUT2D eigenvalue weighted by molar-refractivity contribution is 0.186. The molecule has 0 radical (unpaired) electrons. The van der Waals surface area contributed by atoms with E-state index in [2.05, 4.69) is 6.58 Å². The fourth-order valence-corrected chi connectivity index (χ4v) is 0.220. The van der Waals surface area contributed by atoms with Gasteiger partial charge in [0, 0.05) is 2.74 Å². The average Bonchev–Trinajstić information content (AvgIpc) is 1.61. The van der Waals surface area contributed by atoms with Crippen LogP contribution < -0.4 is 0 Å². The summed E-state index contributed by atoms with van der Waals surface area (Å²) < 4.78 is 21.2. The van der Waals surface area contributed by atoms with Gasteiger partial charge in [-0.2, -0.15) is 0 Å². The Bertz CT molecular complexity index is 125. The molecule has 0 heterocycles. The highest BCUT2D eigenvalue weighted by Crippen LogP contribution is 1.93. The van der Waals surface area contributed by atoms with Crippen molar-refractivity contribution in [3.8, 4) is 0 Å². The Morgan fingerprint density at radius 3 is 3.00 bits per heavy atom. The highest BCUT2D eigenvalue weighted by atomic mass is 16.3. The Morgan fingerprint density at radius 2 is 2.86 bits per heavy atom. The second-order valence-electron chi connectivity index (χ2n) is 1.25. The SMILES string of the molecule is [2H]C([2H])(CC=C)[C@]([2H])(C)O. The van der Waals surface area contributed by atoms with Crippen molar-refractivity contribution >= 4 is 0 Å². The predicted molar refractivity (Wildman–Crippen MR) is 31.1 cm³/mol. The lowest BCUT2D eigenvalue weighted by Gasteiger charge is -1.96. The third kappa shape index (κ3) is 5.70. The van der Waals surface area contributed by atoms with Crippen LogP contribution in [0.5, 0.6) is 0 Å². The first-order chi connectivity index (χ1) is 4.31. The van der Waals surface area contributed by atoms with Crippen LogP contribution >= 0.6 is 0 Å². The maximum atomic E-state index is 8.92. The van der Waals surface area contributed by atoms with E-state index < -0.39 is 12.5 Å². The molecule has 1 atom stereocenters. The number of hydrogen-bond donors (Lipinski definition) is 1. The summed E-state index contributed by atoms with van der Waals surface area (Å²) in [7, 11) is 0. The highest BCUT2D eigenvalue weighted by Gasteiger charge is 1.88. The van der Waals surface area contributed by atoms with Crippen LogP contribution in [0.15, 0.2) is 12.7 Å². The van der Waals surface area contributed by atoms with Crippen molar-refractivity contribution in [2.24, 2.45) is 0 Å². The molecule has 0 fully saturated rings. The quantitative estimate of drug-likeness (QED) is 0.534. The molecule has 0 unspecified atom stereocenters. The first kappa shape index (κ1) is 2.88. The Balaban J connectivity index is 4.23. The van der Waals surface area contributed by atoms with Crippen molar-refractivity contribution < 1.29 is 9.22 Å². The summed E-state index contributed by atoms with van der Waals surface area (Å²) in [6, 6.07) is 0. The minimum atomic E-state index is -2.04. The van der Waals surface area contributed by atoms with Crippen molar-refractivity contribution in [1.29, 1.82) is 0 Å². The lowest BCUT2D eigenvalue weighted by Crippen LogP contribution is -1.96. The van der Waals surface area contributed by atoms with Crippen LogP contribution in [0.2, 0.25) is 0 Å². The first-order valence-corrected chi connectivity index (χ1v) is 2.14. The van der Waals surface area contributed by atoms with Crippen LogP contribution in [0.25, 0.3) is 0 Å². The minimum Gasteiger partial charge on any atom is -0.393 e. The summed E-state index contributed by atoms with van der Waals surface area (Å²) in [5, 5.41) is 8.92. The third-order valence-corrected chi connectivity index (χ3v) is 0.502. The minimum absolute atomic E-state index is 0.0104. The van der Waals surface area contributed by atoms with Gasteiger partial charge in [-0.15, -0.1) is 6.58 Å². The molecule has 1 N–H and O–H groups in total. The molecule has 0 aliphatic rings. The van der Waals surface area contributed by atoms with E-state index in [9.17, 15) is 0 Å². The van der Waals surface area contributed by atoms with E-state index in [-0.39, 0.29) is 6.42 Å². The van der Waals surface area contributed by atoms with Gasteiger partial charge in [-0.1, -0.05) is 6.08 Å². The molecular formula is C6H12O. The molecule has 0 aromatic rings. The molecule has 0 rings (SSSR count). The third-order valence-electron chi connectivity index (χ3n) is 0.502. The van der Waals surface area contributed by atoms with Gasteiger partial charge in [-0.05, 0) is 19.7 Å². The van der Waals surface area contributed by atoms with Crippen molar-refractivity contribution in [2.75, 3.05) is 0 Å². The molecule has 0 amide bonds. The summed E-state index contributed by atoms with van der Waals surface area (Å²) in [4.78, 5) is 0. The Kier molecular flexibility index (Phi) is 1.59. The normalized spacial score (nSPS) is 26.3. The predicted octanol–water partition coefficient (Wildman–Crippen LogP) is 1.33. The zero-order valence-electron chi connectivity index (χ0n) is 7.44. The molecular weight excluding hydrogens is 88.1 g/mol. The van der Waals surface area contributed by atoms with Crippen LogP contribution in [0.3, 0.4) is 0 Å². The zero-order valence-corrected chi connectivity index (χ0v) is 4.44. The maximum absolute atomic E-state index is 8.92. The molecule has 1 nitrogen and oxygen atoms in total. The van der Waals surface area contributed by atoms with E-state index >= 15 is 0 Å². The van der Waals surface area contributed by atoms with Gasteiger partial charge in [0.05, 0.1) is 7.45 Å². The van der Waals surface area contributed by atoms with Crippen LogP contribution in [0, 0.1) is 0 Å².